The zero-order valence-electron chi connectivity index (χ0n) is 8.69. The number of aliphatic hydroxyl groups is 1. The fourth-order valence-electron chi connectivity index (χ4n) is 0.845. The van der Waals surface area contributed by atoms with Crippen molar-refractivity contribution in [3.05, 3.63) is 12.2 Å². The summed E-state index contributed by atoms with van der Waals surface area (Å²) in [5.74, 6) is -0.935. The predicted octanol–water partition coefficient (Wildman–Crippen LogP) is -0.349. The zero-order valence-corrected chi connectivity index (χ0v) is 8.69. The van der Waals surface area contributed by atoms with Crippen molar-refractivity contribution in [3.8, 4) is 0 Å². The molecular formula is C9H16N2O4. The van der Waals surface area contributed by atoms with Gasteiger partial charge in [0.25, 0.3) is 0 Å². The fourth-order valence-corrected chi connectivity index (χ4v) is 0.845. The lowest BCUT2D eigenvalue weighted by Crippen LogP contribution is -2.30. The van der Waals surface area contributed by atoms with Gasteiger partial charge >= 0.3 is 12.0 Å². The molecule has 0 aromatic carbocycles. The van der Waals surface area contributed by atoms with Crippen molar-refractivity contribution in [1.82, 2.24) is 10.2 Å². The van der Waals surface area contributed by atoms with Gasteiger partial charge in [0.2, 0.25) is 0 Å². The molecule has 1 rings (SSSR count). The van der Waals surface area contributed by atoms with Gasteiger partial charge in [0.1, 0.15) is 0 Å². The van der Waals surface area contributed by atoms with Crippen LogP contribution in [-0.4, -0.2) is 53.4 Å². The van der Waals surface area contributed by atoms with Gasteiger partial charge in [-0.3, -0.25) is 0 Å². The Balaban J connectivity index is 0.000000288. The van der Waals surface area contributed by atoms with Gasteiger partial charge in [0, 0.05) is 25.2 Å². The summed E-state index contributed by atoms with van der Waals surface area (Å²) in [5.41, 5.74) is 0.176. The highest BCUT2D eigenvalue weighted by Gasteiger charge is 2.17. The van der Waals surface area contributed by atoms with Gasteiger partial charge in [-0.25, -0.2) is 9.59 Å². The van der Waals surface area contributed by atoms with Crippen LogP contribution in [0.2, 0.25) is 0 Å². The Hall–Kier alpha value is -1.56. The Morgan fingerprint density at radius 2 is 2.20 bits per heavy atom. The monoisotopic (exact) mass is 216 g/mol. The second kappa shape index (κ2) is 6.83. The van der Waals surface area contributed by atoms with Crippen LogP contribution in [0.4, 0.5) is 4.79 Å². The smallest absolute Gasteiger partial charge is 0.330 e. The maximum atomic E-state index is 10.7. The Bertz CT molecular complexity index is 240. The second-order valence-corrected chi connectivity index (χ2v) is 3.03. The first kappa shape index (κ1) is 13.4. The van der Waals surface area contributed by atoms with Crippen LogP contribution in [0.25, 0.3) is 0 Å². The van der Waals surface area contributed by atoms with Crippen molar-refractivity contribution in [2.75, 3.05) is 26.2 Å². The van der Waals surface area contributed by atoms with Crippen molar-refractivity contribution in [1.29, 1.82) is 0 Å². The predicted molar refractivity (Wildman–Crippen MR) is 54.5 cm³/mol. The third-order valence-corrected chi connectivity index (χ3v) is 1.68. The summed E-state index contributed by atoms with van der Waals surface area (Å²) < 4.78 is 0. The van der Waals surface area contributed by atoms with Crippen molar-refractivity contribution in [2.45, 2.75) is 6.92 Å². The number of carboxylic acids is 1. The lowest BCUT2D eigenvalue weighted by molar-refractivity contribution is -0.132. The first-order valence-corrected chi connectivity index (χ1v) is 4.51. The minimum atomic E-state index is -0.935. The number of carbonyl (C=O) groups is 2. The van der Waals surface area contributed by atoms with Crippen LogP contribution in [0, 0.1) is 0 Å². The first-order valence-electron chi connectivity index (χ1n) is 4.51. The zero-order chi connectivity index (χ0) is 11.8. The molecule has 1 aliphatic heterocycles. The molecule has 3 N–H and O–H groups in total. The fraction of sp³-hybridized carbons (Fsp3) is 0.556. The van der Waals surface area contributed by atoms with E-state index in [1.807, 2.05) is 0 Å². The van der Waals surface area contributed by atoms with E-state index in [0.29, 0.717) is 13.1 Å². The van der Waals surface area contributed by atoms with Gasteiger partial charge in [0.15, 0.2) is 0 Å². The van der Waals surface area contributed by atoms with E-state index in [9.17, 15) is 9.59 Å². The van der Waals surface area contributed by atoms with Gasteiger partial charge in [-0.05, 0) is 6.92 Å². The van der Waals surface area contributed by atoms with E-state index >= 15 is 0 Å². The van der Waals surface area contributed by atoms with Crippen LogP contribution in [0.15, 0.2) is 12.2 Å². The minimum Gasteiger partial charge on any atom is -0.478 e. The quantitative estimate of drug-likeness (QED) is 0.562. The van der Waals surface area contributed by atoms with E-state index in [0.717, 1.165) is 6.54 Å². The Morgan fingerprint density at radius 1 is 1.67 bits per heavy atom. The molecule has 2 amide bonds. The highest BCUT2D eigenvalue weighted by atomic mass is 16.4. The molecule has 0 radical (unpaired) electrons. The molecule has 0 unspecified atom stereocenters. The van der Waals surface area contributed by atoms with Crippen molar-refractivity contribution >= 4 is 12.0 Å². The first-order chi connectivity index (χ1) is 6.99. The Morgan fingerprint density at radius 3 is 2.47 bits per heavy atom. The van der Waals surface area contributed by atoms with Crippen LogP contribution < -0.4 is 5.32 Å². The molecule has 0 atom stereocenters. The van der Waals surface area contributed by atoms with Crippen molar-refractivity contribution in [2.24, 2.45) is 0 Å². The van der Waals surface area contributed by atoms with Crippen LogP contribution in [0.3, 0.4) is 0 Å². The number of carboxylic acid groups (broad SMARTS) is 1. The van der Waals surface area contributed by atoms with E-state index in [-0.39, 0.29) is 18.2 Å². The normalized spacial score (nSPS) is 14.0. The molecule has 1 fully saturated rings. The molecule has 1 aliphatic rings. The van der Waals surface area contributed by atoms with E-state index < -0.39 is 5.97 Å². The van der Waals surface area contributed by atoms with Gasteiger partial charge in [0.05, 0.1) is 6.61 Å². The number of nitrogens with zero attached hydrogens (tertiary/aromatic N) is 1. The Kier molecular flexibility index (Phi) is 6.12. The highest BCUT2D eigenvalue weighted by molar-refractivity contribution is 5.84. The molecule has 1 heterocycles. The van der Waals surface area contributed by atoms with Gasteiger partial charge in [-0.1, -0.05) is 6.58 Å². The van der Waals surface area contributed by atoms with Gasteiger partial charge in [-0.2, -0.15) is 0 Å². The summed E-state index contributed by atoms with van der Waals surface area (Å²) in [5, 5.41) is 18.9. The largest absolute Gasteiger partial charge is 0.478 e. The molecule has 6 heteroatoms. The molecular weight excluding hydrogens is 200 g/mol. The van der Waals surface area contributed by atoms with Crippen LogP contribution in [0.5, 0.6) is 0 Å². The summed E-state index contributed by atoms with van der Waals surface area (Å²) in [7, 11) is 0. The number of urea groups is 1. The Labute approximate surface area is 88.2 Å². The summed E-state index contributed by atoms with van der Waals surface area (Å²) in [6.07, 6.45) is 0. The number of hydrogen-bond donors (Lipinski definition) is 3. The molecule has 15 heavy (non-hydrogen) atoms. The molecule has 0 aliphatic carbocycles. The number of aliphatic carboxylic acids is 1. The number of hydrogen-bond acceptors (Lipinski definition) is 3. The van der Waals surface area contributed by atoms with E-state index in [1.54, 1.807) is 4.90 Å². The topological polar surface area (TPSA) is 89.9 Å². The molecule has 86 valence electrons. The second-order valence-electron chi connectivity index (χ2n) is 3.03. The third kappa shape index (κ3) is 5.69. The van der Waals surface area contributed by atoms with E-state index in [4.69, 9.17) is 10.2 Å². The van der Waals surface area contributed by atoms with Crippen molar-refractivity contribution in [3.63, 3.8) is 0 Å². The molecule has 1 saturated heterocycles. The summed E-state index contributed by atoms with van der Waals surface area (Å²) in [4.78, 5) is 21.9. The lowest BCUT2D eigenvalue weighted by Gasteiger charge is -2.10. The highest BCUT2D eigenvalue weighted by Crippen LogP contribution is 1.93. The van der Waals surface area contributed by atoms with E-state index in [2.05, 4.69) is 11.9 Å². The SMILES string of the molecule is C=C(C)C(=O)O.O=C1NCCN1CCO. The number of β-amino-alcohol motifs (C(OH)–C–C–N with tert-alkyl or cyclic N) is 1. The molecule has 0 bridgehead atoms. The van der Waals surface area contributed by atoms with Crippen LogP contribution >= 0.6 is 0 Å². The number of aliphatic hydroxyl groups excluding tert-OH is 1. The summed E-state index contributed by atoms with van der Waals surface area (Å²) in [6.45, 7) is 6.53. The van der Waals surface area contributed by atoms with Gasteiger partial charge in [-0.15, -0.1) is 0 Å². The number of amides is 2. The standard InChI is InChI=1S/C5H10N2O2.C4H6O2/c8-4-3-7-2-1-6-5(7)9;1-3(2)4(5)6/h8H,1-4H2,(H,6,9);1H2,2H3,(H,5,6). The maximum absolute atomic E-state index is 10.7. The van der Waals surface area contributed by atoms with Gasteiger partial charge < -0.3 is 20.4 Å². The maximum Gasteiger partial charge on any atom is 0.330 e. The third-order valence-electron chi connectivity index (χ3n) is 1.68. The summed E-state index contributed by atoms with van der Waals surface area (Å²) in [6, 6.07) is -0.0657. The van der Waals surface area contributed by atoms with E-state index in [1.165, 1.54) is 6.92 Å². The lowest BCUT2D eigenvalue weighted by atomic mass is 10.4. The van der Waals surface area contributed by atoms with Crippen molar-refractivity contribution < 1.29 is 19.8 Å². The molecule has 0 aromatic rings. The molecule has 6 nitrogen and oxygen atoms in total. The molecule has 0 spiro atoms. The minimum absolute atomic E-state index is 0.0490. The average molecular weight is 216 g/mol. The van der Waals surface area contributed by atoms with Crippen LogP contribution in [0.1, 0.15) is 6.92 Å². The summed E-state index contributed by atoms with van der Waals surface area (Å²) >= 11 is 0. The van der Waals surface area contributed by atoms with Crippen LogP contribution in [-0.2, 0) is 4.79 Å². The average Bonchev–Trinajstić information content (AvgIpc) is 2.53. The molecule has 0 saturated carbocycles. The number of nitrogens with one attached hydrogen (secondary N) is 1. The number of carbonyl (C=O) groups excluding carboxylic acids is 1. The number of rotatable bonds is 3. The molecule has 0 aromatic heterocycles.